The van der Waals surface area contributed by atoms with Crippen LogP contribution in [0, 0.1) is 0 Å². The fourth-order valence-corrected chi connectivity index (χ4v) is 2.44. The molecular weight excluding hydrogens is 206 g/mol. The minimum absolute atomic E-state index is 0.347. The second-order valence-electron chi connectivity index (χ2n) is 4.09. The van der Waals surface area contributed by atoms with E-state index in [-0.39, 0.29) is 0 Å². The van der Waals surface area contributed by atoms with E-state index >= 15 is 0 Å². The molecule has 1 N–H and O–H groups in total. The van der Waals surface area contributed by atoms with Gasteiger partial charge >= 0.3 is 0 Å². The summed E-state index contributed by atoms with van der Waals surface area (Å²) in [4.78, 5) is 0. The van der Waals surface area contributed by atoms with Gasteiger partial charge in [-0.2, -0.15) is 0 Å². The molecule has 2 heteroatoms. The van der Waals surface area contributed by atoms with Crippen LogP contribution in [0.2, 0.25) is 5.02 Å². The van der Waals surface area contributed by atoms with Gasteiger partial charge in [0.15, 0.2) is 0 Å². The van der Waals surface area contributed by atoms with E-state index in [1.165, 1.54) is 11.1 Å². The molecule has 1 aromatic carbocycles. The van der Waals surface area contributed by atoms with Gasteiger partial charge in [-0.15, -0.1) is 6.58 Å². The zero-order valence-electron chi connectivity index (χ0n) is 8.96. The van der Waals surface area contributed by atoms with E-state index < -0.39 is 0 Å². The standard InChI is InChI=1S/C13H16ClN/c1-3-9(2)15-13-8-7-10-11(13)5-4-6-12(10)14/h3-6,9,13,15H,1,7-8H2,2H3. The van der Waals surface area contributed by atoms with E-state index in [4.69, 9.17) is 11.6 Å². The lowest BCUT2D eigenvalue weighted by atomic mass is 10.1. The van der Waals surface area contributed by atoms with Gasteiger partial charge in [-0.25, -0.2) is 0 Å². The third-order valence-corrected chi connectivity index (χ3v) is 3.39. The molecule has 0 amide bonds. The summed E-state index contributed by atoms with van der Waals surface area (Å²) in [5, 5.41) is 4.44. The second kappa shape index (κ2) is 4.38. The summed E-state index contributed by atoms with van der Waals surface area (Å²) in [6.07, 6.45) is 4.15. The number of halogens is 1. The summed E-state index contributed by atoms with van der Waals surface area (Å²) in [6, 6.07) is 6.95. The van der Waals surface area contributed by atoms with E-state index in [1.54, 1.807) is 0 Å². The SMILES string of the molecule is C=CC(C)NC1CCc2c(Cl)cccc21. The highest BCUT2D eigenvalue weighted by atomic mass is 35.5. The molecule has 1 aliphatic carbocycles. The smallest absolute Gasteiger partial charge is 0.0441 e. The van der Waals surface area contributed by atoms with Gasteiger partial charge in [-0.3, -0.25) is 0 Å². The number of benzene rings is 1. The summed E-state index contributed by atoms with van der Waals surface area (Å²) in [5.74, 6) is 0. The number of fused-ring (bicyclic) bond motifs is 1. The molecule has 2 rings (SSSR count). The Labute approximate surface area is 96.1 Å². The molecule has 1 aromatic rings. The molecule has 15 heavy (non-hydrogen) atoms. The van der Waals surface area contributed by atoms with Gasteiger partial charge in [-0.1, -0.05) is 29.8 Å². The summed E-state index contributed by atoms with van der Waals surface area (Å²) < 4.78 is 0. The van der Waals surface area contributed by atoms with Crippen LogP contribution in [0.25, 0.3) is 0 Å². The maximum Gasteiger partial charge on any atom is 0.0441 e. The van der Waals surface area contributed by atoms with Crippen molar-refractivity contribution in [1.82, 2.24) is 5.32 Å². The summed E-state index contributed by atoms with van der Waals surface area (Å²) in [5.41, 5.74) is 2.67. The van der Waals surface area contributed by atoms with Crippen LogP contribution < -0.4 is 5.32 Å². The fraction of sp³-hybridized carbons (Fsp3) is 0.385. The monoisotopic (exact) mass is 221 g/mol. The molecule has 0 saturated carbocycles. The molecule has 2 unspecified atom stereocenters. The first-order chi connectivity index (χ1) is 7.22. The highest BCUT2D eigenvalue weighted by molar-refractivity contribution is 6.31. The van der Waals surface area contributed by atoms with Crippen molar-refractivity contribution in [2.45, 2.75) is 31.8 Å². The minimum atomic E-state index is 0.347. The van der Waals surface area contributed by atoms with Crippen LogP contribution in [0.15, 0.2) is 30.9 Å². The summed E-state index contributed by atoms with van der Waals surface area (Å²) in [7, 11) is 0. The maximum absolute atomic E-state index is 6.16. The van der Waals surface area contributed by atoms with Crippen molar-refractivity contribution >= 4 is 11.6 Å². The largest absolute Gasteiger partial charge is 0.304 e. The van der Waals surface area contributed by atoms with Gasteiger partial charge in [-0.05, 0) is 37.0 Å². The highest BCUT2D eigenvalue weighted by Gasteiger charge is 2.24. The Balaban J connectivity index is 2.21. The lowest BCUT2D eigenvalue weighted by Gasteiger charge is -2.17. The molecule has 2 atom stereocenters. The number of nitrogens with one attached hydrogen (secondary N) is 1. The summed E-state index contributed by atoms with van der Waals surface area (Å²) >= 11 is 6.16. The minimum Gasteiger partial charge on any atom is -0.304 e. The van der Waals surface area contributed by atoms with Gasteiger partial charge in [0.2, 0.25) is 0 Å². The van der Waals surface area contributed by atoms with E-state index in [0.29, 0.717) is 12.1 Å². The molecule has 1 aliphatic rings. The first-order valence-corrected chi connectivity index (χ1v) is 5.76. The van der Waals surface area contributed by atoms with Gasteiger partial charge in [0.1, 0.15) is 0 Å². The third kappa shape index (κ3) is 2.09. The van der Waals surface area contributed by atoms with E-state index in [1.807, 2.05) is 18.2 Å². The Kier molecular flexibility index (Phi) is 3.13. The average molecular weight is 222 g/mol. The van der Waals surface area contributed by atoms with Crippen LogP contribution in [0.5, 0.6) is 0 Å². The predicted molar refractivity (Wildman–Crippen MR) is 65.3 cm³/mol. The van der Waals surface area contributed by atoms with Crippen molar-refractivity contribution in [2.75, 3.05) is 0 Å². The molecule has 0 aromatic heterocycles. The maximum atomic E-state index is 6.16. The quantitative estimate of drug-likeness (QED) is 0.771. The zero-order chi connectivity index (χ0) is 10.8. The van der Waals surface area contributed by atoms with Crippen molar-refractivity contribution in [1.29, 1.82) is 0 Å². The predicted octanol–water partition coefficient (Wildman–Crippen LogP) is 3.49. The van der Waals surface area contributed by atoms with Crippen molar-refractivity contribution in [3.05, 3.63) is 47.0 Å². The Morgan fingerprint density at radius 2 is 2.40 bits per heavy atom. The van der Waals surface area contributed by atoms with Gasteiger partial charge in [0, 0.05) is 17.1 Å². The molecular formula is C13H16ClN. The van der Waals surface area contributed by atoms with Crippen LogP contribution in [0.3, 0.4) is 0 Å². The van der Waals surface area contributed by atoms with Crippen molar-refractivity contribution < 1.29 is 0 Å². The summed E-state index contributed by atoms with van der Waals surface area (Å²) in [6.45, 7) is 5.91. The van der Waals surface area contributed by atoms with E-state index in [9.17, 15) is 0 Å². The lowest BCUT2D eigenvalue weighted by Crippen LogP contribution is -2.27. The molecule has 80 valence electrons. The van der Waals surface area contributed by atoms with Crippen LogP contribution >= 0.6 is 11.6 Å². The Bertz CT molecular complexity index is 373. The van der Waals surface area contributed by atoms with E-state index in [2.05, 4.69) is 24.9 Å². The average Bonchev–Trinajstić information content (AvgIpc) is 2.63. The van der Waals surface area contributed by atoms with Crippen molar-refractivity contribution in [3.63, 3.8) is 0 Å². The Morgan fingerprint density at radius 1 is 1.60 bits per heavy atom. The molecule has 0 fully saturated rings. The molecule has 0 spiro atoms. The van der Waals surface area contributed by atoms with Crippen molar-refractivity contribution in [3.8, 4) is 0 Å². The van der Waals surface area contributed by atoms with Crippen molar-refractivity contribution in [2.24, 2.45) is 0 Å². The molecule has 0 bridgehead atoms. The molecule has 0 aliphatic heterocycles. The lowest BCUT2D eigenvalue weighted by molar-refractivity contribution is 0.500. The normalized spacial score (nSPS) is 21.1. The number of hydrogen-bond acceptors (Lipinski definition) is 1. The van der Waals surface area contributed by atoms with Gasteiger partial charge in [0.25, 0.3) is 0 Å². The molecule has 0 saturated heterocycles. The first kappa shape index (κ1) is 10.7. The van der Waals surface area contributed by atoms with Gasteiger partial charge in [0.05, 0.1) is 0 Å². The zero-order valence-corrected chi connectivity index (χ0v) is 9.72. The first-order valence-electron chi connectivity index (χ1n) is 5.38. The molecule has 1 nitrogen and oxygen atoms in total. The molecule has 0 radical (unpaired) electrons. The highest BCUT2D eigenvalue weighted by Crippen LogP contribution is 2.35. The Morgan fingerprint density at radius 3 is 3.13 bits per heavy atom. The van der Waals surface area contributed by atoms with Crippen LogP contribution in [-0.4, -0.2) is 6.04 Å². The van der Waals surface area contributed by atoms with Crippen LogP contribution in [-0.2, 0) is 6.42 Å². The fourth-order valence-electron chi connectivity index (χ4n) is 2.17. The Hall–Kier alpha value is -0.790. The van der Waals surface area contributed by atoms with Gasteiger partial charge < -0.3 is 5.32 Å². The van der Waals surface area contributed by atoms with Crippen LogP contribution in [0.1, 0.15) is 30.5 Å². The molecule has 0 heterocycles. The second-order valence-corrected chi connectivity index (χ2v) is 4.50. The third-order valence-electron chi connectivity index (χ3n) is 3.03. The van der Waals surface area contributed by atoms with Crippen LogP contribution in [0.4, 0.5) is 0 Å². The number of rotatable bonds is 3. The number of hydrogen-bond donors (Lipinski definition) is 1. The van der Waals surface area contributed by atoms with E-state index in [0.717, 1.165) is 17.9 Å². The topological polar surface area (TPSA) is 12.0 Å².